The standard InChI is InChI=1S/C16H13N3OS/c17-6-3-8-19-11-13(12-4-1-2-5-14(12)19)15(20)10-16-18-7-9-21-16/h1-2,4-5,7,9,11H,3,8,10H2. The number of thiazole rings is 1. The first-order chi connectivity index (χ1) is 10.3. The normalized spacial score (nSPS) is 10.6. The van der Waals surface area contributed by atoms with Gasteiger partial charge in [0.05, 0.1) is 18.9 Å². The molecule has 5 heteroatoms. The largest absolute Gasteiger partial charge is 0.346 e. The van der Waals surface area contributed by atoms with E-state index in [2.05, 4.69) is 11.1 Å². The molecule has 0 saturated carbocycles. The molecule has 0 unspecified atom stereocenters. The molecule has 0 aliphatic carbocycles. The van der Waals surface area contributed by atoms with Crippen LogP contribution >= 0.6 is 11.3 Å². The number of rotatable bonds is 5. The van der Waals surface area contributed by atoms with Gasteiger partial charge < -0.3 is 4.57 Å². The first-order valence-electron chi connectivity index (χ1n) is 6.66. The minimum absolute atomic E-state index is 0.0665. The monoisotopic (exact) mass is 295 g/mol. The van der Waals surface area contributed by atoms with Crippen LogP contribution in [-0.4, -0.2) is 15.3 Å². The van der Waals surface area contributed by atoms with Gasteiger partial charge in [-0.2, -0.15) is 5.26 Å². The Balaban J connectivity index is 1.98. The second kappa shape index (κ2) is 5.90. The van der Waals surface area contributed by atoms with Crippen molar-refractivity contribution in [2.45, 2.75) is 19.4 Å². The molecule has 0 amide bonds. The van der Waals surface area contributed by atoms with Crippen LogP contribution < -0.4 is 0 Å². The Morgan fingerprint density at radius 2 is 2.24 bits per heavy atom. The zero-order chi connectivity index (χ0) is 14.7. The summed E-state index contributed by atoms with van der Waals surface area (Å²) in [5, 5.41) is 12.4. The predicted octanol–water partition coefficient (Wildman–Crippen LogP) is 3.44. The van der Waals surface area contributed by atoms with E-state index in [1.54, 1.807) is 6.20 Å². The number of hydrogen-bond acceptors (Lipinski definition) is 4. The highest BCUT2D eigenvalue weighted by atomic mass is 32.1. The predicted molar refractivity (Wildman–Crippen MR) is 82.3 cm³/mol. The minimum Gasteiger partial charge on any atom is -0.346 e. The first kappa shape index (κ1) is 13.5. The van der Waals surface area contributed by atoms with E-state index in [9.17, 15) is 4.79 Å². The smallest absolute Gasteiger partial charge is 0.171 e. The summed E-state index contributed by atoms with van der Waals surface area (Å²) in [6.45, 7) is 0.599. The number of aromatic nitrogens is 2. The van der Waals surface area contributed by atoms with Gasteiger partial charge in [-0.05, 0) is 6.07 Å². The molecule has 0 bridgehead atoms. The van der Waals surface area contributed by atoms with Crippen LogP contribution in [0.4, 0.5) is 0 Å². The van der Waals surface area contributed by atoms with Crippen molar-refractivity contribution in [2.75, 3.05) is 0 Å². The second-order valence-corrected chi connectivity index (χ2v) is 5.67. The summed E-state index contributed by atoms with van der Waals surface area (Å²) in [7, 11) is 0. The number of para-hydroxylation sites is 1. The van der Waals surface area contributed by atoms with Crippen molar-refractivity contribution in [3.63, 3.8) is 0 Å². The Morgan fingerprint density at radius 3 is 3.00 bits per heavy atom. The molecule has 0 aliphatic heterocycles. The molecular weight excluding hydrogens is 282 g/mol. The van der Waals surface area contributed by atoms with E-state index < -0.39 is 0 Å². The van der Waals surface area contributed by atoms with Gasteiger partial charge in [-0.1, -0.05) is 18.2 Å². The summed E-state index contributed by atoms with van der Waals surface area (Å²) < 4.78 is 1.98. The van der Waals surface area contributed by atoms with Crippen molar-refractivity contribution in [1.82, 2.24) is 9.55 Å². The molecule has 21 heavy (non-hydrogen) atoms. The van der Waals surface area contributed by atoms with Gasteiger partial charge in [0.15, 0.2) is 5.78 Å². The van der Waals surface area contributed by atoms with E-state index in [1.807, 2.05) is 40.4 Å². The number of hydrogen-bond donors (Lipinski definition) is 0. The maximum Gasteiger partial charge on any atom is 0.171 e. The highest BCUT2D eigenvalue weighted by Gasteiger charge is 2.16. The third-order valence-electron chi connectivity index (χ3n) is 3.35. The molecule has 2 heterocycles. The molecule has 0 radical (unpaired) electrons. The first-order valence-corrected chi connectivity index (χ1v) is 7.54. The molecule has 0 fully saturated rings. The lowest BCUT2D eigenvalue weighted by Crippen LogP contribution is -2.02. The SMILES string of the molecule is N#CCCn1cc(C(=O)Cc2nccs2)c2ccccc21. The third-order valence-corrected chi connectivity index (χ3v) is 4.13. The van der Waals surface area contributed by atoms with E-state index >= 15 is 0 Å². The fraction of sp³-hybridized carbons (Fsp3) is 0.188. The van der Waals surface area contributed by atoms with Gasteiger partial charge in [0.2, 0.25) is 0 Å². The van der Waals surface area contributed by atoms with E-state index in [0.717, 1.165) is 15.9 Å². The third kappa shape index (κ3) is 2.71. The maximum atomic E-state index is 12.5. The van der Waals surface area contributed by atoms with Gasteiger partial charge in [0.25, 0.3) is 0 Å². The topological polar surface area (TPSA) is 58.7 Å². The molecule has 3 aromatic rings. The van der Waals surface area contributed by atoms with Gasteiger partial charge >= 0.3 is 0 Å². The van der Waals surface area contributed by atoms with Gasteiger partial charge in [0, 0.05) is 40.8 Å². The molecule has 2 aromatic heterocycles. The number of Topliss-reactive ketones (excluding diaryl/α,β-unsaturated/α-hetero) is 1. The molecule has 3 rings (SSSR count). The summed E-state index contributed by atoms with van der Waals surface area (Å²) >= 11 is 1.49. The Kier molecular flexibility index (Phi) is 3.80. The van der Waals surface area contributed by atoms with Gasteiger partial charge in [0.1, 0.15) is 5.01 Å². The van der Waals surface area contributed by atoms with E-state index in [4.69, 9.17) is 5.26 Å². The number of nitrogens with zero attached hydrogens (tertiary/aromatic N) is 3. The summed E-state index contributed by atoms with van der Waals surface area (Å²) in [6, 6.07) is 9.94. The fourth-order valence-corrected chi connectivity index (χ4v) is 3.01. The average Bonchev–Trinajstić information content (AvgIpc) is 3.12. The summed E-state index contributed by atoms with van der Waals surface area (Å²) in [4.78, 5) is 16.7. The fourth-order valence-electron chi connectivity index (χ4n) is 2.40. The average molecular weight is 295 g/mol. The molecule has 0 saturated heterocycles. The number of benzene rings is 1. The highest BCUT2D eigenvalue weighted by Crippen LogP contribution is 2.23. The number of carbonyl (C=O) groups excluding carboxylic acids is 1. The zero-order valence-corrected chi connectivity index (χ0v) is 12.1. The minimum atomic E-state index is 0.0665. The Labute approximate surface area is 126 Å². The number of fused-ring (bicyclic) bond motifs is 1. The van der Waals surface area contributed by atoms with E-state index in [-0.39, 0.29) is 5.78 Å². The number of ketones is 1. The van der Waals surface area contributed by atoms with E-state index in [0.29, 0.717) is 24.9 Å². The van der Waals surface area contributed by atoms with Crippen LogP contribution in [0.25, 0.3) is 10.9 Å². The summed E-state index contributed by atoms with van der Waals surface area (Å²) in [5.74, 6) is 0.0665. The highest BCUT2D eigenvalue weighted by molar-refractivity contribution is 7.09. The second-order valence-electron chi connectivity index (χ2n) is 4.69. The molecule has 0 spiro atoms. The molecule has 1 aromatic carbocycles. The summed E-state index contributed by atoms with van der Waals surface area (Å²) in [5.41, 5.74) is 1.70. The van der Waals surface area contributed by atoms with Crippen LogP contribution in [0, 0.1) is 11.3 Å². The number of nitriles is 1. The Hall–Kier alpha value is -2.45. The molecule has 0 N–H and O–H groups in total. The zero-order valence-electron chi connectivity index (χ0n) is 11.3. The van der Waals surface area contributed by atoms with Crippen molar-refractivity contribution in [3.8, 4) is 6.07 Å². The van der Waals surface area contributed by atoms with Crippen molar-refractivity contribution < 1.29 is 4.79 Å². The van der Waals surface area contributed by atoms with E-state index in [1.165, 1.54) is 11.3 Å². The molecule has 4 nitrogen and oxygen atoms in total. The lowest BCUT2D eigenvalue weighted by atomic mass is 10.1. The van der Waals surface area contributed by atoms with Crippen molar-refractivity contribution in [1.29, 1.82) is 5.26 Å². The Morgan fingerprint density at radius 1 is 1.38 bits per heavy atom. The van der Waals surface area contributed by atoms with Gasteiger partial charge in [-0.25, -0.2) is 4.98 Å². The molecule has 104 valence electrons. The van der Waals surface area contributed by atoms with Crippen molar-refractivity contribution in [2.24, 2.45) is 0 Å². The number of aryl methyl sites for hydroxylation is 1. The van der Waals surface area contributed by atoms with Gasteiger partial charge in [-0.3, -0.25) is 4.79 Å². The maximum absolute atomic E-state index is 12.5. The van der Waals surface area contributed by atoms with Crippen LogP contribution in [-0.2, 0) is 13.0 Å². The van der Waals surface area contributed by atoms with Crippen LogP contribution in [0.3, 0.4) is 0 Å². The van der Waals surface area contributed by atoms with Crippen LogP contribution in [0.5, 0.6) is 0 Å². The molecule has 0 atom stereocenters. The van der Waals surface area contributed by atoms with Crippen LogP contribution in [0.15, 0.2) is 42.0 Å². The van der Waals surface area contributed by atoms with Crippen molar-refractivity contribution in [3.05, 3.63) is 52.6 Å². The Bertz CT molecular complexity index is 812. The summed E-state index contributed by atoms with van der Waals surface area (Å²) in [6.07, 6.45) is 4.32. The van der Waals surface area contributed by atoms with Crippen LogP contribution in [0.2, 0.25) is 0 Å². The van der Waals surface area contributed by atoms with Gasteiger partial charge in [-0.15, -0.1) is 11.3 Å². The van der Waals surface area contributed by atoms with Crippen LogP contribution in [0.1, 0.15) is 21.8 Å². The van der Waals surface area contributed by atoms with Crippen molar-refractivity contribution >= 4 is 28.0 Å². The lowest BCUT2D eigenvalue weighted by molar-refractivity contribution is 0.0994. The number of carbonyl (C=O) groups is 1. The quantitative estimate of drug-likeness (QED) is 0.677. The molecule has 0 aliphatic rings. The lowest BCUT2D eigenvalue weighted by Gasteiger charge is -2.00. The molecular formula is C16H13N3OS.